The zero-order chi connectivity index (χ0) is 15.8. The maximum absolute atomic E-state index is 9.49. The molecule has 1 aromatic heterocycles. The average molecular weight is 307 g/mol. The molecule has 3 aromatic rings. The number of phenolic OH excluding ortho intramolecular Hbond substituents is 1. The van der Waals surface area contributed by atoms with Gasteiger partial charge >= 0.3 is 0 Å². The summed E-state index contributed by atoms with van der Waals surface area (Å²) in [5, 5.41) is 9.49. The molecule has 1 aliphatic carbocycles. The van der Waals surface area contributed by atoms with E-state index in [1.807, 2.05) is 36.4 Å². The fourth-order valence-electron chi connectivity index (χ4n) is 2.59. The molecule has 4 rings (SSSR count). The summed E-state index contributed by atoms with van der Waals surface area (Å²) >= 11 is 0. The molecule has 1 fully saturated rings. The fourth-order valence-corrected chi connectivity index (χ4v) is 2.59. The molecule has 0 amide bonds. The fraction of sp³-hybridized carbons (Fsp3) is 0.211. The van der Waals surface area contributed by atoms with Crippen molar-refractivity contribution in [1.29, 1.82) is 0 Å². The first-order valence-corrected chi connectivity index (χ1v) is 7.69. The monoisotopic (exact) mass is 307 g/mol. The number of methoxy groups -OCH3 is 1. The van der Waals surface area contributed by atoms with E-state index in [4.69, 9.17) is 14.1 Å². The number of rotatable bonds is 4. The highest BCUT2D eigenvalue weighted by Crippen LogP contribution is 2.43. The van der Waals surface area contributed by atoms with Crippen molar-refractivity contribution in [2.75, 3.05) is 7.11 Å². The number of phenols is 1. The van der Waals surface area contributed by atoms with E-state index in [0.717, 1.165) is 47.1 Å². The zero-order valence-electron chi connectivity index (χ0n) is 12.8. The van der Waals surface area contributed by atoms with Crippen LogP contribution in [0.5, 0.6) is 11.5 Å². The number of ether oxygens (including phenoxy) is 1. The van der Waals surface area contributed by atoms with E-state index >= 15 is 0 Å². The summed E-state index contributed by atoms with van der Waals surface area (Å²) < 4.78 is 11.3. The molecule has 0 aliphatic heterocycles. The Hall–Kier alpha value is -2.75. The smallest absolute Gasteiger partial charge is 0.198 e. The predicted molar refractivity (Wildman–Crippen MR) is 87.6 cm³/mol. The largest absolute Gasteiger partial charge is 0.508 e. The lowest BCUT2D eigenvalue weighted by atomic mass is 10.1. The van der Waals surface area contributed by atoms with Crippen LogP contribution in [0.2, 0.25) is 0 Å². The van der Waals surface area contributed by atoms with Gasteiger partial charge in [0.1, 0.15) is 17.2 Å². The van der Waals surface area contributed by atoms with Gasteiger partial charge in [0.25, 0.3) is 0 Å². The molecule has 4 nitrogen and oxygen atoms in total. The first-order chi connectivity index (χ1) is 11.2. The van der Waals surface area contributed by atoms with Crippen LogP contribution in [0.3, 0.4) is 0 Å². The molecule has 0 bridgehead atoms. The van der Waals surface area contributed by atoms with Gasteiger partial charge in [0.05, 0.1) is 7.11 Å². The molecule has 0 atom stereocenters. The van der Waals surface area contributed by atoms with Crippen LogP contribution < -0.4 is 4.74 Å². The lowest BCUT2D eigenvalue weighted by molar-refractivity contribution is 0.415. The molecule has 2 aromatic carbocycles. The minimum Gasteiger partial charge on any atom is -0.508 e. The Kier molecular flexibility index (Phi) is 3.30. The Balaban J connectivity index is 1.81. The van der Waals surface area contributed by atoms with Gasteiger partial charge in [-0.2, -0.15) is 0 Å². The Labute approximate surface area is 134 Å². The van der Waals surface area contributed by atoms with Crippen molar-refractivity contribution in [2.24, 2.45) is 0 Å². The van der Waals surface area contributed by atoms with Gasteiger partial charge in [0.15, 0.2) is 11.7 Å². The van der Waals surface area contributed by atoms with Gasteiger partial charge in [-0.1, -0.05) is 0 Å². The molecule has 1 aliphatic rings. The van der Waals surface area contributed by atoms with Crippen LogP contribution in [-0.4, -0.2) is 17.2 Å². The number of hydrogen-bond donors (Lipinski definition) is 1. The highest BCUT2D eigenvalue weighted by atomic mass is 16.5. The highest BCUT2D eigenvalue weighted by molar-refractivity contribution is 5.77. The third kappa shape index (κ3) is 2.68. The minimum absolute atomic E-state index is 0.238. The van der Waals surface area contributed by atoms with Crippen LogP contribution in [-0.2, 0) is 0 Å². The van der Waals surface area contributed by atoms with Crippen LogP contribution >= 0.6 is 0 Å². The van der Waals surface area contributed by atoms with Crippen LogP contribution in [0.4, 0.5) is 0 Å². The maximum Gasteiger partial charge on any atom is 0.198 e. The molecular formula is C19H17NO3. The average Bonchev–Trinajstić information content (AvgIpc) is 3.35. The first kappa shape index (κ1) is 13.9. The summed E-state index contributed by atoms with van der Waals surface area (Å²) in [6.45, 7) is 0. The van der Waals surface area contributed by atoms with Crippen molar-refractivity contribution in [3.8, 4) is 34.1 Å². The molecule has 1 N–H and O–H groups in total. The van der Waals surface area contributed by atoms with Crippen molar-refractivity contribution >= 4 is 0 Å². The maximum atomic E-state index is 9.49. The predicted octanol–water partition coefficient (Wildman–Crippen LogP) is 4.60. The van der Waals surface area contributed by atoms with Gasteiger partial charge in [-0.05, 0) is 61.4 Å². The number of hydrogen-bond acceptors (Lipinski definition) is 4. The van der Waals surface area contributed by atoms with E-state index in [1.165, 1.54) is 0 Å². The summed E-state index contributed by atoms with van der Waals surface area (Å²) in [5.74, 6) is 3.04. The van der Waals surface area contributed by atoms with Gasteiger partial charge in [-0.25, -0.2) is 4.98 Å². The molecule has 23 heavy (non-hydrogen) atoms. The summed E-state index contributed by atoms with van der Waals surface area (Å²) in [6.07, 6.45) is 2.27. The lowest BCUT2D eigenvalue weighted by Crippen LogP contribution is -1.85. The molecule has 4 heteroatoms. The van der Waals surface area contributed by atoms with Crippen molar-refractivity contribution in [1.82, 2.24) is 4.98 Å². The van der Waals surface area contributed by atoms with Gasteiger partial charge < -0.3 is 14.3 Å². The van der Waals surface area contributed by atoms with Crippen LogP contribution in [0, 0.1) is 0 Å². The lowest BCUT2D eigenvalue weighted by Gasteiger charge is -2.03. The molecule has 0 radical (unpaired) electrons. The van der Waals surface area contributed by atoms with E-state index in [2.05, 4.69) is 0 Å². The standard InChI is InChI=1S/C19H17NO3/c1-22-16-10-6-12(7-11-16)17-18(13-4-8-15(21)9-5-13)23-19(20-17)14-2-3-14/h4-11,14,21H,2-3H2,1H3. The van der Waals surface area contributed by atoms with Crippen molar-refractivity contribution in [3.63, 3.8) is 0 Å². The second-order valence-electron chi connectivity index (χ2n) is 5.78. The van der Waals surface area contributed by atoms with Crippen molar-refractivity contribution in [2.45, 2.75) is 18.8 Å². The van der Waals surface area contributed by atoms with E-state index in [0.29, 0.717) is 5.92 Å². The molecule has 0 spiro atoms. The van der Waals surface area contributed by atoms with E-state index in [-0.39, 0.29) is 5.75 Å². The third-order valence-corrected chi connectivity index (χ3v) is 4.06. The second kappa shape index (κ2) is 5.47. The SMILES string of the molecule is COc1ccc(-c2nc(C3CC3)oc2-c2ccc(O)cc2)cc1. The van der Waals surface area contributed by atoms with Gasteiger partial charge in [0.2, 0.25) is 0 Å². The Bertz CT molecular complexity index is 815. The molecule has 116 valence electrons. The van der Waals surface area contributed by atoms with Gasteiger partial charge in [0, 0.05) is 17.0 Å². The normalized spacial score (nSPS) is 14.0. The Morgan fingerprint density at radius 2 is 1.65 bits per heavy atom. The highest BCUT2D eigenvalue weighted by Gasteiger charge is 2.30. The number of nitrogens with zero attached hydrogens (tertiary/aromatic N) is 1. The molecule has 0 saturated heterocycles. The van der Waals surface area contributed by atoms with Crippen LogP contribution in [0.15, 0.2) is 52.9 Å². The summed E-state index contributed by atoms with van der Waals surface area (Å²) in [5.41, 5.74) is 2.73. The number of aromatic nitrogens is 1. The molecule has 1 heterocycles. The molecule has 1 saturated carbocycles. The number of oxazole rings is 1. The topological polar surface area (TPSA) is 55.5 Å². The Morgan fingerprint density at radius 1 is 1.00 bits per heavy atom. The second-order valence-corrected chi connectivity index (χ2v) is 5.78. The van der Waals surface area contributed by atoms with Gasteiger partial charge in [-0.3, -0.25) is 0 Å². The molecular weight excluding hydrogens is 290 g/mol. The van der Waals surface area contributed by atoms with E-state index in [1.54, 1.807) is 19.2 Å². The summed E-state index contributed by atoms with van der Waals surface area (Å²) in [4.78, 5) is 4.73. The first-order valence-electron chi connectivity index (χ1n) is 7.69. The number of aromatic hydroxyl groups is 1. The van der Waals surface area contributed by atoms with Crippen LogP contribution in [0.25, 0.3) is 22.6 Å². The Morgan fingerprint density at radius 3 is 2.26 bits per heavy atom. The van der Waals surface area contributed by atoms with E-state index in [9.17, 15) is 5.11 Å². The molecule has 0 unspecified atom stereocenters. The number of benzene rings is 2. The quantitative estimate of drug-likeness (QED) is 0.765. The zero-order valence-corrected chi connectivity index (χ0v) is 12.8. The third-order valence-electron chi connectivity index (χ3n) is 4.06. The van der Waals surface area contributed by atoms with E-state index < -0.39 is 0 Å². The van der Waals surface area contributed by atoms with Gasteiger partial charge in [-0.15, -0.1) is 0 Å². The summed E-state index contributed by atoms with van der Waals surface area (Å²) in [6, 6.07) is 14.8. The van der Waals surface area contributed by atoms with Crippen molar-refractivity contribution < 1.29 is 14.3 Å². The van der Waals surface area contributed by atoms with Crippen molar-refractivity contribution in [3.05, 3.63) is 54.4 Å². The minimum atomic E-state index is 0.238. The summed E-state index contributed by atoms with van der Waals surface area (Å²) in [7, 11) is 1.65. The van der Waals surface area contributed by atoms with Crippen LogP contribution in [0.1, 0.15) is 24.7 Å².